The Hall–Kier alpha value is -2.45. The molecule has 2 heterocycles. The highest BCUT2D eigenvalue weighted by atomic mass is 35.5. The molecular weight excluding hydrogens is 382 g/mol. The second-order valence-electron chi connectivity index (χ2n) is 6.92. The summed E-state index contributed by atoms with van der Waals surface area (Å²) in [5, 5.41) is 10.5. The van der Waals surface area contributed by atoms with Crippen molar-refractivity contribution in [3.8, 4) is 11.5 Å². The number of hydrogen-bond acceptors (Lipinski definition) is 5. The van der Waals surface area contributed by atoms with E-state index < -0.39 is 0 Å². The van der Waals surface area contributed by atoms with E-state index in [1.54, 1.807) is 4.68 Å². The van der Waals surface area contributed by atoms with Gasteiger partial charge in [-0.2, -0.15) is 5.10 Å². The smallest absolute Gasteiger partial charge is 0.314 e. The van der Waals surface area contributed by atoms with Crippen molar-refractivity contribution in [2.75, 3.05) is 40.4 Å². The van der Waals surface area contributed by atoms with E-state index in [0.717, 1.165) is 11.1 Å². The Balaban J connectivity index is 1.47. The normalized spacial score (nSPS) is 14.0. The summed E-state index contributed by atoms with van der Waals surface area (Å²) in [6.45, 7) is 1.99. The zero-order valence-corrected chi connectivity index (χ0v) is 17.1. The van der Waals surface area contributed by atoms with E-state index in [-0.39, 0.29) is 12.1 Å². The summed E-state index contributed by atoms with van der Waals surface area (Å²) >= 11 is 6.25. The summed E-state index contributed by atoms with van der Waals surface area (Å²) in [6.07, 6.45) is 4.41. The molecule has 0 aliphatic carbocycles. The first kappa shape index (κ1) is 20.3. The molecule has 3 rings (SSSR count). The van der Waals surface area contributed by atoms with Crippen molar-refractivity contribution in [1.82, 2.24) is 25.3 Å². The minimum Gasteiger partial charge on any atom is -0.486 e. The van der Waals surface area contributed by atoms with E-state index >= 15 is 0 Å². The van der Waals surface area contributed by atoms with Crippen LogP contribution in [0.1, 0.15) is 17.2 Å². The number of carbonyl (C=O) groups is 1. The third-order valence-electron chi connectivity index (χ3n) is 4.54. The molecule has 1 aliphatic heterocycles. The summed E-state index contributed by atoms with van der Waals surface area (Å²) in [6, 6.07) is 3.60. The lowest BCUT2D eigenvalue weighted by Gasteiger charge is -2.23. The number of benzene rings is 1. The first-order valence-corrected chi connectivity index (χ1v) is 9.56. The van der Waals surface area contributed by atoms with Crippen molar-refractivity contribution in [1.29, 1.82) is 0 Å². The number of hydrogen-bond donors (Lipinski definition) is 2. The topological polar surface area (TPSA) is 80.7 Å². The van der Waals surface area contributed by atoms with Crippen LogP contribution in [0.5, 0.6) is 11.5 Å². The molecule has 0 fully saturated rings. The van der Waals surface area contributed by atoms with Crippen molar-refractivity contribution >= 4 is 17.6 Å². The van der Waals surface area contributed by atoms with Gasteiger partial charge in [0.1, 0.15) is 13.2 Å². The predicted molar refractivity (Wildman–Crippen MR) is 107 cm³/mol. The van der Waals surface area contributed by atoms with Gasteiger partial charge in [0.25, 0.3) is 0 Å². The van der Waals surface area contributed by atoms with E-state index in [2.05, 4.69) is 20.6 Å². The quantitative estimate of drug-likeness (QED) is 0.733. The van der Waals surface area contributed by atoms with Gasteiger partial charge in [0.2, 0.25) is 0 Å². The molecule has 0 radical (unpaired) electrons. The lowest BCUT2D eigenvalue weighted by Crippen LogP contribution is -2.41. The van der Waals surface area contributed by atoms with Crippen LogP contribution < -0.4 is 20.1 Å². The minimum atomic E-state index is -0.209. The number of halogens is 1. The number of nitrogens with zero attached hydrogens (tertiary/aromatic N) is 3. The number of carbonyl (C=O) groups excluding carboxylic acids is 1. The van der Waals surface area contributed by atoms with Crippen molar-refractivity contribution in [3.63, 3.8) is 0 Å². The number of aryl methyl sites for hydroxylation is 1. The fraction of sp³-hybridized carbons (Fsp3) is 0.474. The monoisotopic (exact) mass is 407 g/mol. The molecule has 28 heavy (non-hydrogen) atoms. The van der Waals surface area contributed by atoms with Gasteiger partial charge in [-0.3, -0.25) is 4.68 Å². The molecule has 2 N–H and O–H groups in total. The Labute approximate surface area is 169 Å². The van der Waals surface area contributed by atoms with Crippen LogP contribution in [0.4, 0.5) is 4.79 Å². The Bertz CT molecular complexity index is 824. The summed E-state index contributed by atoms with van der Waals surface area (Å²) in [5.74, 6) is 1.25. The van der Waals surface area contributed by atoms with Gasteiger partial charge >= 0.3 is 6.03 Å². The van der Waals surface area contributed by atoms with Crippen molar-refractivity contribution in [3.05, 3.63) is 40.7 Å². The number of rotatable bonds is 7. The maximum atomic E-state index is 12.2. The van der Waals surface area contributed by atoms with Crippen LogP contribution in [-0.4, -0.2) is 61.1 Å². The second kappa shape index (κ2) is 9.16. The van der Waals surface area contributed by atoms with Crippen molar-refractivity contribution in [2.24, 2.45) is 7.05 Å². The molecule has 2 amide bonds. The number of amides is 2. The Kier molecular flexibility index (Phi) is 6.64. The molecule has 1 aromatic carbocycles. The first-order valence-electron chi connectivity index (χ1n) is 9.18. The molecule has 1 aromatic heterocycles. The van der Waals surface area contributed by atoms with Crippen LogP contribution in [-0.2, 0) is 13.5 Å². The van der Waals surface area contributed by atoms with Crippen molar-refractivity contribution < 1.29 is 14.3 Å². The van der Waals surface area contributed by atoms with Crippen LogP contribution in [0.2, 0.25) is 5.02 Å². The van der Waals surface area contributed by atoms with E-state index in [1.807, 2.05) is 45.7 Å². The number of nitrogens with one attached hydrogen (secondary N) is 2. The molecular formula is C19H26ClN5O3. The fourth-order valence-electron chi connectivity index (χ4n) is 3.09. The van der Waals surface area contributed by atoms with Gasteiger partial charge in [0, 0.05) is 31.9 Å². The maximum absolute atomic E-state index is 12.2. The van der Waals surface area contributed by atoms with Gasteiger partial charge in [0.15, 0.2) is 11.5 Å². The number of likely N-dealkylation sites (N-methyl/N-ethyl adjacent to an activating group) is 1. The third kappa shape index (κ3) is 5.08. The summed E-state index contributed by atoms with van der Waals surface area (Å²) in [7, 11) is 5.83. The molecule has 0 saturated heterocycles. The zero-order chi connectivity index (χ0) is 20.1. The average Bonchev–Trinajstić information content (AvgIpc) is 3.07. The molecule has 0 bridgehead atoms. The molecule has 1 atom stereocenters. The van der Waals surface area contributed by atoms with Gasteiger partial charge in [-0.15, -0.1) is 0 Å². The Morgan fingerprint density at radius 3 is 2.82 bits per heavy atom. The standard InChI is InChI=1S/C19H26ClN5O3/c1-24(2)16(14-10-23-25(3)12-14)11-22-19(26)21-5-4-13-8-15(20)18-17(9-13)27-6-7-28-18/h8-10,12,16H,4-7,11H2,1-3H3,(H2,21,22,26). The van der Waals surface area contributed by atoms with Gasteiger partial charge < -0.3 is 25.0 Å². The number of ether oxygens (including phenoxy) is 2. The number of aromatic nitrogens is 2. The van der Waals surface area contributed by atoms with E-state index in [1.165, 1.54) is 0 Å². The molecule has 2 aromatic rings. The molecule has 8 nitrogen and oxygen atoms in total. The molecule has 0 spiro atoms. The molecule has 152 valence electrons. The number of urea groups is 1. The first-order chi connectivity index (χ1) is 13.4. The molecule has 1 aliphatic rings. The minimum absolute atomic E-state index is 0.0519. The Morgan fingerprint density at radius 1 is 1.32 bits per heavy atom. The third-order valence-corrected chi connectivity index (χ3v) is 4.83. The maximum Gasteiger partial charge on any atom is 0.314 e. The van der Waals surface area contributed by atoms with Crippen LogP contribution in [0, 0.1) is 0 Å². The highest BCUT2D eigenvalue weighted by Crippen LogP contribution is 2.38. The van der Waals surface area contributed by atoms with Crippen LogP contribution in [0.15, 0.2) is 24.5 Å². The SMILES string of the molecule is CN(C)C(CNC(=O)NCCc1cc(Cl)c2c(c1)OCCO2)c1cnn(C)c1. The average molecular weight is 408 g/mol. The largest absolute Gasteiger partial charge is 0.486 e. The van der Waals surface area contributed by atoms with Crippen molar-refractivity contribution in [2.45, 2.75) is 12.5 Å². The lowest BCUT2D eigenvalue weighted by molar-refractivity contribution is 0.171. The highest BCUT2D eigenvalue weighted by molar-refractivity contribution is 6.32. The highest BCUT2D eigenvalue weighted by Gasteiger charge is 2.18. The molecule has 1 unspecified atom stereocenters. The predicted octanol–water partition coefficient (Wildman–Crippen LogP) is 1.99. The Morgan fingerprint density at radius 2 is 2.11 bits per heavy atom. The van der Waals surface area contributed by atoms with Gasteiger partial charge in [-0.05, 0) is 38.2 Å². The second-order valence-corrected chi connectivity index (χ2v) is 7.32. The summed E-state index contributed by atoms with van der Waals surface area (Å²) in [4.78, 5) is 14.2. The van der Waals surface area contributed by atoms with Gasteiger partial charge in [-0.1, -0.05) is 11.6 Å². The van der Waals surface area contributed by atoms with Crippen LogP contribution in [0.25, 0.3) is 0 Å². The summed E-state index contributed by atoms with van der Waals surface area (Å²) < 4.78 is 12.9. The molecule has 9 heteroatoms. The van der Waals surface area contributed by atoms with Gasteiger partial charge in [0.05, 0.1) is 17.3 Å². The van der Waals surface area contributed by atoms with Crippen LogP contribution >= 0.6 is 11.6 Å². The summed E-state index contributed by atoms with van der Waals surface area (Å²) in [5.41, 5.74) is 2.04. The van der Waals surface area contributed by atoms with E-state index in [0.29, 0.717) is 49.2 Å². The zero-order valence-electron chi connectivity index (χ0n) is 16.4. The molecule has 0 saturated carbocycles. The van der Waals surface area contributed by atoms with E-state index in [4.69, 9.17) is 21.1 Å². The number of fused-ring (bicyclic) bond motifs is 1. The van der Waals surface area contributed by atoms with Crippen LogP contribution in [0.3, 0.4) is 0 Å². The fourth-order valence-corrected chi connectivity index (χ4v) is 3.38. The van der Waals surface area contributed by atoms with Gasteiger partial charge in [-0.25, -0.2) is 4.79 Å². The van der Waals surface area contributed by atoms with E-state index in [9.17, 15) is 4.79 Å². The lowest BCUT2D eigenvalue weighted by atomic mass is 10.1.